The molecule has 0 aromatic heterocycles. The lowest BCUT2D eigenvalue weighted by Crippen LogP contribution is -2.32. The Morgan fingerprint density at radius 1 is 1.00 bits per heavy atom. The van der Waals surface area contributed by atoms with Crippen LogP contribution in [0.5, 0.6) is 11.5 Å². The molecule has 1 fully saturated rings. The van der Waals surface area contributed by atoms with Gasteiger partial charge >= 0.3 is 0 Å². The zero-order valence-corrected chi connectivity index (χ0v) is 18.8. The Hall–Kier alpha value is -3.58. The van der Waals surface area contributed by atoms with Gasteiger partial charge in [0.2, 0.25) is 11.8 Å². The number of amides is 2. The molecule has 3 aromatic rings. The fraction of sp³-hybridized carbons (Fsp3) is 0.200. The third kappa shape index (κ3) is 4.64. The molecule has 3 aromatic carbocycles. The minimum Gasteiger partial charge on any atom is -0.497 e. The van der Waals surface area contributed by atoms with Gasteiger partial charge in [0.15, 0.2) is 0 Å². The van der Waals surface area contributed by atoms with Crippen molar-refractivity contribution in [1.29, 1.82) is 0 Å². The Balaban J connectivity index is 1.71. The van der Waals surface area contributed by atoms with Gasteiger partial charge in [-0.1, -0.05) is 23.7 Å². The summed E-state index contributed by atoms with van der Waals surface area (Å²) in [6.45, 7) is 0. The molecule has 1 aliphatic rings. The molecule has 0 saturated carbocycles. The van der Waals surface area contributed by atoms with E-state index < -0.39 is 17.8 Å². The van der Waals surface area contributed by atoms with E-state index >= 15 is 0 Å². The van der Waals surface area contributed by atoms with E-state index in [1.807, 2.05) is 12.1 Å². The average Bonchev–Trinajstić information content (AvgIpc) is 3.18. The van der Waals surface area contributed by atoms with Crippen LogP contribution in [0.15, 0.2) is 66.7 Å². The van der Waals surface area contributed by atoms with E-state index in [2.05, 4.69) is 5.32 Å². The first-order valence-corrected chi connectivity index (χ1v) is 10.6. The molecule has 4 rings (SSSR count). The maximum Gasteiger partial charge on any atom is 0.230 e. The molecule has 2 atom stereocenters. The molecule has 2 amide bonds. The number of methoxy groups -OCH3 is 2. The molecule has 1 N–H and O–H groups in total. The second-order valence-corrected chi connectivity index (χ2v) is 8.01. The summed E-state index contributed by atoms with van der Waals surface area (Å²) < 4.78 is 23.9. The summed E-state index contributed by atoms with van der Waals surface area (Å²) in [4.78, 5) is 28.0. The number of anilines is 2. The first kappa shape index (κ1) is 22.6. The molecule has 1 heterocycles. The van der Waals surface area contributed by atoms with Gasteiger partial charge in [-0.2, -0.15) is 0 Å². The number of carbonyl (C=O) groups excluding carboxylic acids is 2. The summed E-state index contributed by atoms with van der Waals surface area (Å²) >= 11 is 6.09. The fourth-order valence-corrected chi connectivity index (χ4v) is 4.23. The Bertz CT molecular complexity index is 1170. The van der Waals surface area contributed by atoms with E-state index in [9.17, 15) is 14.0 Å². The molecule has 8 heteroatoms. The van der Waals surface area contributed by atoms with Crippen molar-refractivity contribution in [2.75, 3.05) is 24.4 Å². The van der Waals surface area contributed by atoms with Crippen LogP contribution < -0.4 is 19.7 Å². The van der Waals surface area contributed by atoms with Gasteiger partial charge in [0.1, 0.15) is 17.3 Å². The Morgan fingerprint density at radius 3 is 2.18 bits per heavy atom. The summed E-state index contributed by atoms with van der Waals surface area (Å²) in [6.07, 6.45) is 0.00731. The highest BCUT2D eigenvalue weighted by Crippen LogP contribution is 2.43. The van der Waals surface area contributed by atoms with E-state index in [-0.39, 0.29) is 28.9 Å². The second-order valence-electron chi connectivity index (χ2n) is 7.60. The summed E-state index contributed by atoms with van der Waals surface area (Å²) in [5.74, 6) is -0.449. The number of carbonyl (C=O) groups is 2. The highest BCUT2D eigenvalue weighted by Gasteiger charge is 2.45. The quantitative estimate of drug-likeness (QED) is 0.538. The monoisotopic (exact) mass is 468 g/mol. The fourth-order valence-electron chi connectivity index (χ4n) is 4.02. The number of nitrogens with one attached hydrogen (secondary N) is 1. The zero-order valence-electron chi connectivity index (χ0n) is 18.0. The average molecular weight is 469 g/mol. The minimum atomic E-state index is -0.700. The van der Waals surface area contributed by atoms with Crippen LogP contribution in [0.4, 0.5) is 15.8 Å². The molecule has 1 saturated heterocycles. The van der Waals surface area contributed by atoms with Crippen LogP contribution in [-0.4, -0.2) is 26.0 Å². The molecular weight excluding hydrogens is 447 g/mol. The normalized spacial score (nSPS) is 17.7. The van der Waals surface area contributed by atoms with Crippen LogP contribution in [0.25, 0.3) is 0 Å². The zero-order chi connectivity index (χ0) is 23.5. The van der Waals surface area contributed by atoms with Gasteiger partial charge in [0, 0.05) is 12.1 Å². The summed E-state index contributed by atoms with van der Waals surface area (Å²) in [5, 5.41) is 2.84. The van der Waals surface area contributed by atoms with Gasteiger partial charge in [0.05, 0.1) is 36.9 Å². The molecule has 170 valence electrons. The van der Waals surface area contributed by atoms with Crippen LogP contribution in [-0.2, 0) is 9.59 Å². The predicted octanol–water partition coefficient (Wildman–Crippen LogP) is 5.23. The minimum absolute atomic E-state index is 0.00731. The van der Waals surface area contributed by atoms with Crippen LogP contribution in [0.1, 0.15) is 18.0 Å². The van der Waals surface area contributed by atoms with Crippen LogP contribution in [0, 0.1) is 11.7 Å². The van der Waals surface area contributed by atoms with Gasteiger partial charge < -0.3 is 19.7 Å². The highest BCUT2D eigenvalue weighted by molar-refractivity contribution is 6.33. The van der Waals surface area contributed by atoms with Crippen molar-refractivity contribution in [3.8, 4) is 11.5 Å². The first-order chi connectivity index (χ1) is 15.9. The number of benzene rings is 3. The summed E-state index contributed by atoms with van der Waals surface area (Å²) in [6, 6.07) is 17.5. The van der Waals surface area contributed by atoms with Crippen molar-refractivity contribution in [2.45, 2.75) is 12.5 Å². The van der Waals surface area contributed by atoms with Crippen molar-refractivity contribution in [2.24, 2.45) is 5.92 Å². The standard InChI is InChI=1S/C25H22ClFN2O4/c1-32-18-8-3-15(4-9-18)24-20(25(31)28-22-12-5-16(27)13-21(22)26)14-23(30)29(24)17-6-10-19(33-2)11-7-17/h3-13,20,24H,14H2,1-2H3,(H,28,31)/t20-,24+/m1/s1. The van der Waals surface area contributed by atoms with Crippen LogP contribution in [0.3, 0.4) is 0 Å². The van der Waals surface area contributed by atoms with Gasteiger partial charge in [-0.15, -0.1) is 0 Å². The van der Waals surface area contributed by atoms with E-state index in [0.29, 0.717) is 17.2 Å². The number of rotatable bonds is 6. The number of halogens is 2. The molecule has 0 aliphatic carbocycles. The lowest BCUT2D eigenvalue weighted by Gasteiger charge is -2.28. The maximum absolute atomic E-state index is 13.4. The maximum atomic E-state index is 13.4. The number of ether oxygens (including phenoxy) is 2. The SMILES string of the molecule is COc1ccc([C@H]2[C@H](C(=O)Nc3ccc(F)cc3Cl)CC(=O)N2c2ccc(OC)cc2)cc1. The molecule has 0 bridgehead atoms. The van der Waals surface area contributed by atoms with Crippen molar-refractivity contribution in [3.63, 3.8) is 0 Å². The predicted molar refractivity (Wildman–Crippen MR) is 124 cm³/mol. The highest BCUT2D eigenvalue weighted by atomic mass is 35.5. The van der Waals surface area contributed by atoms with E-state index in [1.165, 1.54) is 12.1 Å². The number of hydrogen-bond donors (Lipinski definition) is 1. The lowest BCUT2D eigenvalue weighted by molar-refractivity contribution is -0.122. The molecule has 0 spiro atoms. The topological polar surface area (TPSA) is 67.9 Å². The molecule has 1 aliphatic heterocycles. The third-order valence-corrected chi connectivity index (χ3v) is 5.97. The van der Waals surface area contributed by atoms with E-state index in [1.54, 1.807) is 55.5 Å². The number of hydrogen-bond acceptors (Lipinski definition) is 4. The molecule has 6 nitrogen and oxygen atoms in total. The van der Waals surface area contributed by atoms with Gasteiger partial charge in [-0.3, -0.25) is 9.59 Å². The first-order valence-electron chi connectivity index (χ1n) is 10.3. The third-order valence-electron chi connectivity index (χ3n) is 5.66. The smallest absolute Gasteiger partial charge is 0.230 e. The Kier molecular flexibility index (Phi) is 6.51. The summed E-state index contributed by atoms with van der Waals surface area (Å²) in [7, 11) is 3.14. The largest absolute Gasteiger partial charge is 0.497 e. The van der Waals surface area contributed by atoms with Gasteiger partial charge in [0.25, 0.3) is 0 Å². The summed E-state index contributed by atoms with van der Waals surface area (Å²) in [5.41, 5.74) is 1.71. The lowest BCUT2D eigenvalue weighted by atomic mass is 9.92. The molecule has 0 radical (unpaired) electrons. The molecular formula is C25H22ClFN2O4. The molecule has 33 heavy (non-hydrogen) atoms. The van der Waals surface area contributed by atoms with Gasteiger partial charge in [-0.05, 0) is 60.2 Å². The Morgan fingerprint density at radius 2 is 1.61 bits per heavy atom. The van der Waals surface area contributed by atoms with Crippen molar-refractivity contribution in [1.82, 2.24) is 0 Å². The van der Waals surface area contributed by atoms with Gasteiger partial charge in [-0.25, -0.2) is 4.39 Å². The second kappa shape index (κ2) is 9.50. The van der Waals surface area contributed by atoms with E-state index in [0.717, 1.165) is 11.6 Å². The van der Waals surface area contributed by atoms with Crippen LogP contribution in [0.2, 0.25) is 5.02 Å². The molecule has 0 unspecified atom stereocenters. The van der Waals surface area contributed by atoms with Crippen LogP contribution >= 0.6 is 11.6 Å². The van der Waals surface area contributed by atoms with Crippen molar-refractivity contribution >= 4 is 34.8 Å². The van der Waals surface area contributed by atoms with Crippen molar-refractivity contribution in [3.05, 3.63) is 83.1 Å². The Labute approximate surface area is 195 Å². The van der Waals surface area contributed by atoms with Crippen molar-refractivity contribution < 1.29 is 23.5 Å². The van der Waals surface area contributed by atoms with E-state index in [4.69, 9.17) is 21.1 Å². The number of nitrogens with zero attached hydrogens (tertiary/aromatic N) is 1.